The fourth-order valence-corrected chi connectivity index (χ4v) is 1.09. The first-order valence-electron chi connectivity index (χ1n) is 3.05. The molecule has 1 aromatic heterocycles. The standard InChI is InChI=1S/C5H3BrF3N3O/c6-4-3(11-13)1-10-12(4)2-5(7,8)9/h1H,2H2. The van der Waals surface area contributed by atoms with Crippen molar-refractivity contribution in [3.63, 3.8) is 0 Å². The molecule has 8 heteroatoms. The maximum atomic E-state index is 11.8. The van der Waals surface area contributed by atoms with Gasteiger partial charge < -0.3 is 0 Å². The highest BCUT2D eigenvalue weighted by molar-refractivity contribution is 9.10. The van der Waals surface area contributed by atoms with Crippen LogP contribution in [-0.4, -0.2) is 16.0 Å². The Bertz CT molecular complexity index is 321. The Labute approximate surface area is 78.8 Å². The van der Waals surface area contributed by atoms with E-state index < -0.39 is 12.7 Å². The van der Waals surface area contributed by atoms with E-state index in [1.54, 1.807) is 0 Å². The topological polar surface area (TPSA) is 47.2 Å². The third-order valence-electron chi connectivity index (χ3n) is 1.18. The van der Waals surface area contributed by atoms with E-state index in [1.165, 1.54) is 0 Å². The zero-order chi connectivity index (χ0) is 10.1. The second-order valence-corrected chi connectivity index (χ2v) is 2.94. The van der Waals surface area contributed by atoms with Gasteiger partial charge in [0.2, 0.25) is 0 Å². The molecule has 0 bridgehead atoms. The molecule has 0 saturated carbocycles. The van der Waals surface area contributed by atoms with Crippen molar-refractivity contribution >= 4 is 21.6 Å². The van der Waals surface area contributed by atoms with Gasteiger partial charge in [-0.25, -0.2) is 4.68 Å². The highest BCUT2D eigenvalue weighted by Gasteiger charge is 2.29. The van der Waals surface area contributed by atoms with Crippen LogP contribution >= 0.6 is 15.9 Å². The lowest BCUT2D eigenvalue weighted by atomic mass is 10.6. The average molecular weight is 258 g/mol. The normalized spacial score (nSPS) is 11.7. The quantitative estimate of drug-likeness (QED) is 0.765. The predicted octanol–water partition coefficient (Wildman–Crippen LogP) is 2.61. The number of nitrogens with zero attached hydrogens (tertiary/aromatic N) is 3. The summed E-state index contributed by atoms with van der Waals surface area (Å²) in [5.41, 5.74) is -0.149. The Morgan fingerprint density at radius 2 is 2.23 bits per heavy atom. The Hall–Kier alpha value is -0.920. The molecule has 0 aliphatic carbocycles. The molecule has 0 radical (unpaired) electrons. The maximum absolute atomic E-state index is 11.8. The van der Waals surface area contributed by atoms with Crippen molar-refractivity contribution in [3.05, 3.63) is 15.7 Å². The highest BCUT2D eigenvalue weighted by atomic mass is 79.9. The summed E-state index contributed by atoms with van der Waals surface area (Å²) in [7, 11) is 0. The van der Waals surface area contributed by atoms with E-state index in [2.05, 4.69) is 26.2 Å². The molecule has 13 heavy (non-hydrogen) atoms. The minimum absolute atomic E-state index is 0.0696. The summed E-state index contributed by atoms with van der Waals surface area (Å²) in [5.74, 6) is 0. The number of rotatable bonds is 2. The Morgan fingerprint density at radius 3 is 2.62 bits per heavy atom. The van der Waals surface area contributed by atoms with Crippen LogP contribution in [0.1, 0.15) is 0 Å². The fraction of sp³-hybridized carbons (Fsp3) is 0.400. The average Bonchev–Trinajstić information content (AvgIpc) is 2.30. The van der Waals surface area contributed by atoms with E-state index in [0.717, 1.165) is 6.20 Å². The number of aromatic nitrogens is 2. The van der Waals surface area contributed by atoms with Crippen molar-refractivity contribution in [2.75, 3.05) is 0 Å². The molecule has 0 spiro atoms. The minimum atomic E-state index is -4.37. The number of alkyl halides is 3. The summed E-state index contributed by atoms with van der Waals surface area (Å²) in [6, 6.07) is 0. The monoisotopic (exact) mass is 257 g/mol. The van der Waals surface area contributed by atoms with Gasteiger partial charge in [-0.15, -0.1) is 4.91 Å². The van der Waals surface area contributed by atoms with Crippen molar-refractivity contribution in [1.82, 2.24) is 9.78 Å². The van der Waals surface area contributed by atoms with Crippen LogP contribution in [0.15, 0.2) is 16.0 Å². The number of hydrogen-bond acceptors (Lipinski definition) is 3. The van der Waals surface area contributed by atoms with E-state index in [-0.39, 0.29) is 10.3 Å². The van der Waals surface area contributed by atoms with Crippen LogP contribution in [0.4, 0.5) is 18.9 Å². The Morgan fingerprint density at radius 1 is 1.62 bits per heavy atom. The Balaban J connectivity index is 2.90. The molecule has 1 rings (SSSR count). The van der Waals surface area contributed by atoms with Gasteiger partial charge in [0.25, 0.3) is 0 Å². The van der Waals surface area contributed by atoms with Crippen LogP contribution in [0.3, 0.4) is 0 Å². The summed E-state index contributed by atoms with van der Waals surface area (Å²) >= 11 is 2.77. The molecule has 0 atom stereocenters. The van der Waals surface area contributed by atoms with Gasteiger partial charge in [0.05, 0.1) is 6.20 Å². The second-order valence-electron chi connectivity index (χ2n) is 2.18. The fourth-order valence-electron chi connectivity index (χ4n) is 0.702. The molecule has 72 valence electrons. The van der Waals surface area contributed by atoms with Gasteiger partial charge in [-0.3, -0.25) is 0 Å². The van der Waals surface area contributed by atoms with Gasteiger partial charge in [0.15, 0.2) is 5.69 Å². The van der Waals surface area contributed by atoms with Crippen molar-refractivity contribution in [3.8, 4) is 0 Å². The largest absolute Gasteiger partial charge is 0.408 e. The third kappa shape index (κ3) is 2.51. The van der Waals surface area contributed by atoms with E-state index >= 15 is 0 Å². The zero-order valence-electron chi connectivity index (χ0n) is 6.05. The predicted molar refractivity (Wildman–Crippen MR) is 41.4 cm³/mol. The van der Waals surface area contributed by atoms with Crippen LogP contribution in [0.25, 0.3) is 0 Å². The molecule has 1 aromatic rings. The zero-order valence-corrected chi connectivity index (χ0v) is 7.63. The summed E-state index contributed by atoms with van der Waals surface area (Å²) < 4.78 is 36.1. The molecule has 0 N–H and O–H groups in total. The van der Waals surface area contributed by atoms with Crippen molar-refractivity contribution in [2.24, 2.45) is 5.18 Å². The Kier molecular flexibility index (Phi) is 2.69. The molecular formula is C5H3BrF3N3O. The molecule has 0 fully saturated rings. The van der Waals surface area contributed by atoms with Crippen molar-refractivity contribution in [2.45, 2.75) is 12.7 Å². The van der Waals surface area contributed by atoms with Crippen LogP contribution in [0.5, 0.6) is 0 Å². The third-order valence-corrected chi connectivity index (χ3v) is 2.00. The number of halogens is 4. The second kappa shape index (κ2) is 3.44. The van der Waals surface area contributed by atoms with Gasteiger partial charge in [0, 0.05) is 0 Å². The molecule has 0 aromatic carbocycles. The molecule has 0 amide bonds. The smallest absolute Gasteiger partial charge is 0.247 e. The SMILES string of the molecule is O=Nc1cnn(CC(F)(F)F)c1Br. The van der Waals surface area contributed by atoms with Crippen LogP contribution < -0.4 is 0 Å². The van der Waals surface area contributed by atoms with E-state index in [4.69, 9.17) is 0 Å². The van der Waals surface area contributed by atoms with E-state index in [9.17, 15) is 18.1 Å². The first kappa shape index (κ1) is 10.2. The van der Waals surface area contributed by atoms with Crippen LogP contribution in [0.2, 0.25) is 0 Å². The van der Waals surface area contributed by atoms with E-state index in [1.807, 2.05) is 0 Å². The summed E-state index contributed by atoms with van der Waals surface area (Å²) in [5, 5.41) is 5.80. The van der Waals surface area contributed by atoms with Crippen molar-refractivity contribution in [1.29, 1.82) is 0 Å². The highest BCUT2D eigenvalue weighted by Crippen LogP contribution is 2.27. The summed E-state index contributed by atoms with van der Waals surface area (Å²) in [6.45, 7) is -1.25. The minimum Gasteiger partial charge on any atom is -0.247 e. The number of nitroso groups, excluding NO2 is 1. The lowest BCUT2D eigenvalue weighted by Gasteiger charge is -2.06. The van der Waals surface area contributed by atoms with Crippen LogP contribution in [-0.2, 0) is 6.54 Å². The first-order valence-corrected chi connectivity index (χ1v) is 3.85. The maximum Gasteiger partial charge on any atom is 0.408 e. The molecule has 0 aliphatic rings. The summed E-state index contributed by atoms with van der Waals surface area (Å²) in [6.07, 6.45) is -3.41. The molecule has 0 saturated heterocycles. The van der Waals surface area contributed by atoms with Gasteiger partial charge in [-0.05, 0) is 21.1 Å². The van der Waals surface area contributed by atoms with Crippen molar-refractivity contribution < 1.29 is 13.2 Å². The molecule has 4 nitrogen and oxygen atoms in total. The van der Waals surface area contributed by atoms with Gasteiger partial charge in [-0.1, -0.05) is 0 Å². The summed E-state index contributed by atoms with van der Waals surface area (Å²) in [4.78, 5) is 9.99. The molecule has 0 unspecified atom stereocenters. The van der Waals surface area contributed by atoms with E-state index in [0.29, 0.717) is 4.68 Å². The van der Waals surface area contributed by atoms with Gasteiger partial charge in [-0.2, -0.15) is 18.3 Å². The molecule has 0 aliphatic heterocycles. The number of hydrogen-bond donors (Lipinski definition) is 0. The van der Waals surface area contributed by atoms with Crippen LogP contribution in [0, 0.1) is 4.91 Å². The molecular weight excluding hydrogens is 255 g/mol. The van der Waals surface area contributed by atoms with Gasteiger partial charge >= 0.3 is 6.18 Å². The lowest BCUT2D eigenvalue weighted by Crippen LogP contribution is -2.18. The molecule has 1 heterocycles. The van der Waals surface area contributed by atoms with Gasteiger partial charge in [0.1, 0.15) is 11.1 Å². The lowest BCUT2D eigenvalue weighted by molar-refractivity contribution is -0.143. The first-order chi connectivity index (χ1) is 5.94.